The third-order valence-electron chi connectivity index (χ3n) is 4.04. The molecule has 0 amide bonds. The second-order valence-corrected chi connectivity index (χ2v) is 6.61. The Bertz CT molecular complexity index is 592. The Morgan fingerprint density at radius 3 is 2.90 bits per heavy atom. The zero-order chi connectivity index (χ0) is 13.4. The van der Waals surface area contributed by atoms with E-state index in [0.29, 0.717) is 12.6 Å². The predicted molar refractivity (Wildman–Crippen MR) is 79.6 cm³/mol. The number of thioether (sulfide) groups is 1. The van der Waals surface area contributed by atoms with Gasteiger partial charge in [0.25, 0.3) is 0 Å². The lowest BCUT2D eigenvalue weighted by molar-refractivity contribution is 0.0440. The van der Waals surface area contributed by atoms with Gasteiger partial charge in [-0.15, -0.1) is 0 Å². The molecule has 1 aliphatic carbocycles. The molecule has 20 heavy (non-hydrogen) atoms. The molecule has 0 spiro atoms. The molecular formula is C16H18N2OS. The van der Waals surface area contributed by atoms with Crippen LogP contribution in [0.4, 0.5) is 0 Å². The highest BCUT2D eigenvalue weighted by Crippen LogP contribution is 2.42. The quantitative estimate of drug-likeness (QED) is 0.803. The van der Waals surface area contributed by atoms with Gasteiger partial charge in [-0.2, -0.15) is 5.10 Å². The van der Waals surface area contributed by atoms with Crippen molar-refractivity contribution < 1.29 is 4.74 Å². The van der Waals surface area contributed by atoms with Crippen LogP contribution < -0.4 is 0 Å². The van der Waals surface area contributed by atoms with Crippen molar-refractivity contribution in [2.75, 3.05) is 6.61 Å². The number of benzene rings is 1. The summed E-state index contributed by atoms with van der Waals surface area (Å²) >= 11 is 1.81. The summed E-state index contributed by atoms with van der Waals surface area (Å²) in [5.41, 5.74) is 2.59. The molecule has 1 unspecified atom stereocenters. The normalized spacial score (nSPS) is 21.7. The van der Waals surface area contributed by atoms with Gasteiger partial charge in [-0.05, 0) is 30.4 Å². The van der Waals surface area contributed by atoms with Crippen LogP contribution in [0.5, 0.6) is 0 Å². The van der Waals surface area contributed by atoms with E-state index in [1.165, 1.54) is 24.1 Å². The fourth-order valence-corrected chi connectivity index (χ4v) is 3.65. The average Bonchev–Trinajstić information content (AvgIpc) is 3.25. The number of nitrogens with zero attached hydrogens (tertiary/aromatic N) is 2. The first-order valence-corrected chi connectivity index (χ1v) is 8.21. The van der Waals surface area contributed by atoms with Crippen LogP contribution >= 0.6 is 11.8 Å². The van der Waals surface area contributed by atoms with Crippen LogP contribution in [-0.2, 0) is 17.1 Å². The minimum Gasteiger partial charge on any atom is -0.373 e. The minimum absolute atomic E-state index is 0.477. The molecule has 104 valence electrons. The van der Waals surface area contributed by atoms with Gasteiger partial charge in [-0.3, -0.25) is 4.68 Å². The third kappa shape index (κ3) is 2.50. The molecule has 2 heterocycles. The van der Waals surface area contributed by atoms with E-state index in [9.17, 15) is 0 Å². The van der Waals surface area contributed by atoms with E-state index < -0.39 is 0 Å². The van der Waals surface area contributed by atoms with Crippen LogP contribution in [-0.4, -0.2) is 16.4 Å². The first-order valence-electron chi connectivity index (χ1n) is 7.23. The molecule has 1 atom stereocenters. The van der Waals surface area contributed by atoms with Gasteiger partial charge in [-0.25, -0.2) is 0 Å². The highest BCUT2D eigenvalue weighted by atomic mass is 32.2. The van der Waals surface area contributed by atoms with Crippen LogP contribution in [0.2, 0.25) is 0 Å². The van der Waals surface area contributed by atoms with Crippen LogP contribution in [0, 0.1) is 5.92 Å². The Hall–Kier alpha value is -1.26. The van der Waals surface area contributed by atoms with Crippen molar-refractivity contribution in [2.24, 2.45) is 5.92 Å². The van der Waals surface area contributed by atoms with Crippen LogP contribution in [0.3, 0.4) is 0 Å². The second kappa shape index (κ2) is 5.26. The van der Waals surface area contributed by atoms with Gasteiger partial charge < -0.3 is 4.74 Å². The van der Waals surface area contributed by atoms with Gasteiger partial charge in [0.1, 0.15) is 5.03 Å². The Labute approximate surface area is 123 Å². The Morgan fingerprint density at radius 1 is 1.25 bits per heavy atom. The van der Waals surface area contributed by atoms with Crippen molar-refractivity contribution >= 4 is 11.8 Å². The van der Waals surface area contributed by atoms with Crippen molar-refractivity contribution in [3.63, 3.8) is 0 Å². The summed E-state index contributed by atoms with van der Waals surface area (Å²) in [5, 5.41) is 5.93. The average molecular weight is 286 g/mol. The van der Waals surface area contributed by atoms with E-state index >= 15 is 0 Å². The van der Waals surface area contributed by atoms with Gasteiger partial charge in [0.15, 0.2) is 0 Å². The molecule has 2 aliphatic rings. The summed E-state index contributed by atoms with van der Waals surface area (Å²) in [5.74, 6) is 1.77. The standard InChI is InChI=1S/C16H18N2OS/c1-2-4-12(5-3-1)11-20-16-8-14-9-19-10-15(13-6-7-13)18(14)17-16/h1-5,8,13,15H,6-7,9-11H2. The van der Waals surface area contributed by atoms with Gasteiger partial charge in [0, 0.05) is 5.75 Å². The van der Waals surface area contributed by atoms with E-state index in [1.54, 1.807) is 0 Å². The largest absolute Gasteiger partial charge is 0.373 e. The van der Waals surface area contributed by atoms with E-state index in [-0.39, 0.29) is 0 Å². The van der Waals surface area contributed by atoms with E-state index in [2.05, 4.69) is 41.1 Å². The van der Waals surface area contributed by atoms with Crippen LogP contribution in [0.1, 0.15) is 30.1 Å². The first kappa shape index (κ1) is 12.5. The minimum atomic E-state index is 0.477. The monoisotopic (exact) mass is 286 g/mol. The Morgan fingerprint density at radius 2 is 2.10 bits per heavy atom. The lowest BCUT2D eigenvalue weighted by atomic mass is 10.2. The molecule has 4 rings (SSSR count). The maximum atomic E-state index is 5.72. The lowest BCUT2D eigenvalue weighted by Crippen LogP contribution is -2.25. The number of hydrogen-bond donors (Lipinski definition) is 0. The predicted octanol–water partition coefficient (Wildman–Crippen LogP) is 3.66. The summed E-state index contributed by atoms with van der Waals surface area (Å²) in [6.45, 7) is 1.55. The molecule has 2 aromatic rings. The van der Waals surface area contributed by atoms with Gasteiger partial charge in [-0.1, -0.05) is 42.1 Å². The molecule has 4 heteroatoms. The number of hydrogen-bond acceptors (Lipinski definition) is 3. The summed E-state index contributed by atoms with van der Waals surface area (Å²) in [6, 6.07) is 13.2. The molecule has 3 nitrogen and oxygen atoms in total. The zero-order valence-electron chi connectivity index (χ0n) is 11.4. The number of ether oxygens (including phenoxy) is 1. The molecule has 1 fully saturated rings. The molecule has 1 aromatic carbocycles. The maximum Gasteiger partial charge on any atom is 0.119 e. The Kier molecular flexibility index (Phi) is 3.28. The van der Waals surface area contributed by atoms with Gasteiger partial charge in [0.05, 0.1) is 24.9 Å². The highest BCUT2D eigenvalue weighted by Gasteiger charge is 2.36. The van der Waals surface area contributed by atoms with Gasteiger partial charge in [0.2, 0.25) is 0 Å². The zero-order valence-corrected chi connectivity index (χ0v) is 12.2. The maximum absolute atomic E-state index is 5.72. The molecule has 1 aliphatic heterocycles. The molecule has 0 N–H and O–H groups in total. The van der Waals surface area contributed by atoms with Crippen LogP contribution in [0.25, 0.3) is 0 Å². The van der Waals surface area contributed by atoms with E-state index in [0.717, 1.165) is 23.3 Å². The molecule has 1 saturated carbocycles. The molecule has 0 bridgehead atoms. The lowest BCUT2D eigenvalue weighted by Gasteiger charge is -2.24. The highest BCUT2D eigenvalue weighted by molar-refractivity contribution is 7.98. The summed E-state index contributed by atoms with van der Waals surface area (Å²) in [7, 11) is 0. The molecule has 0 saturated heterocycles. The second-order valence-electron chi connectivity index (χ2n) is 5.61. The van der Waals surface area contributed by atoms with Crippen molar-refractivity contribution in [1.82, 2.24) is 9.78 Å². The summed E-state index contributed by atoms with van der Waals surface area (Å²) in [6.07, 6.45) is 2.67. The fraction of sp³-hybridized carbons (Fsp3) is 0.438. The van der Waals surface area contributed by atoms with E-state index in [1.807, 2.05) is 11.8 Å². The molecule has 0 radical (unpaired) electrons. The topological polar surface area (TPSA) is 27.1 Å². The van der Waals surface area contributed by atoms with Crippen LogP contribution in [0.15, 0.2) is 41.4 Å². The van der Waals surface area contributed by atoms with Crippen molar-refractivity contribution in [3.8, 4) is 0 Å². The number of rotatable bonds is 4. The third-order valence-corrected chi connectivity index (χ3v) is 5.01. The van der Waals surface area contributed by atoms with E-state index in [4.69, 9.17) is 9.84 Å². The van der Waals surface area contributed by atoms with Crippen molar-refractivity contribution in [1.29, 1.82) is 0 Å². The number of fused-ring (bicyclic) bond motifs is 1. The number of aromatic nitrogens is 2. The van der Waals surface area contributed by atoms with Crippen molar-refractivity contribution in [3.05, 3.63) is 47.7 Å². The smallest absolute Gasteiger partial charge is 0.119 e. The first-order chi connectivity index (χ1) is 9.90. The fourth-order valence-electron chi connectivity index (χ4n) is 2.78. The molecular weight excluding hydrogens is 268 g/mol. The summed E-state index contributed by atoms with van der Waals surface area (Å²) in [4.78, 5) is 0. The van der Waals surface area contributed by atoms with Gasteiger partial charge >= 0.3 is 0 Å². The SMILES string of the molecule is c1ccc(CSc2cc3n(n2)C(C2CC2)COC3)cc1. The van der Waals surface area contributed by atoms with Crippen molar-refractivity contribution in [2.45, 2.75) is 36.3 Å². The summed E-state index contributed by atoms with van der Waals surface area (Å²) < 4.78 is 7.95. The molecule has 1 aromatic heterocycles. The Balaban J connectivity index is 1.49.